The smallest absolute Gasteiger partial charge is 0.196 e. The fourth-order valence-electron chi connectivity index (χ4n) is 7.96. The number of hydrogen-bond donors (Lipinski definition) is 1. The van der Waals surface area contributed by atoms with Gasteiger partial charge in [0.15, 0.2) is 8.32 Å². The van der Waals surface area contributed by atoms with E-state index in [0.717, 1.165) is 0 Å². The first kappa shape index (κ1) is 44.2. The van der Waals surface area contributed by atoms with Gasteiger partial charge in [0.2, 0.25) is 0 Å². The molecule has 0 aromatic carbocycles. The zero-order valence-electron chi connectivity index (χ0n) is 32.0. The van der Waals surface area contributed by atoms with Gasteiger partial charge in [-0.25, -0.2) is 0 Å². The van der Waals surface area contributed by atoms with E-state index >= 15 is 0 Å². The average Bonchev–Trinajstić information content (AvgIpc) is 3.02. The normalized spacial score (nSPS) is 15.3. The monoisotopic (exact) mass is 637 g/mol. The Hall–Kier alpha value is 0.177. The maximum Gasteiger partial charge on any atom is 0.196 e. The molecule has 0 saturated carbocycles. The summed E-state index contributed by atoms with van der Waals surface area (Å²) in [5.41, 5.74) is 1.65. The van der Waals surface area contributed by atoms with Crippen molar-refractivity contribution in [3.63, 3.8) is 0 Å². The first-order valence-corrected chi connectivity index (χ1v) is 23.3. The lowest BCUT2D eigenvalue weighted by Crippen LogP contribution is -2.47. The molecular weight excluding hydrogens is 549 g/mol. The lowest BCUT2D eigenvalue weighted by Gasteiger charge is -2.42. The molecule has 0 amide bonds. The van der Waals surface area contributed by atoms with Gasteiger partial charge in [0.05, 0.1) is 0 Å². The second-order valence-corrected chi connectivity index (χ2v) is 20.2. The molecule has 0 rings (SSSR count). The van der Waals surface area contributed by atoms with Crippen molar-refractivity contribution in [1.29, 1.82) is 0 Å². The van der Waals surface area contributed by atoms with E-state index in [9.17, 15) is 4.80 Å². The Morgan fingerprint density at radius 3 is 0.636 bits per heavy atom. The molecule has 0 aromatic rings. The molecule has 3 atom stereocenters. The fraction of sp³-hybridized carbons (Fsp3) is 1.00. The molecule has 0 aliphatic heterocycles. The Bertz CT molecular complexity index is 474. The van der Waals surface area contributed by atoms with E-state index < -0.39 is 8.32 Å². The molecule has 0 aliphatic rings. The first-order valence-electron chi connectivity index (χ1n) is 21.2. The van der Waals surface area contributed by atoms with Crippen molar-refractivity contribution in [3.8, 4) is 0 Å². The first-order chi connectivity index (χ1) is 21.4. The summed E-state index contributed by atoms with van der Waals surface area (Å²) in [6.07, 6.45) is 46.0. The third kappa shape index (κ3) is 24.4. The molecule has 0 fully saturated rings. The third-order valence-electron chi connectivity index (χ3n) is 11.3. The lowest BCUT2D eigenvalue weighted by atomic mass is 10.1. The Morgan fingerprint density at radius 2 is 0.455 bits per heavy atom. The van der Waals surface area contributed by atoms with Gasteiger partial charge in [-0.3, -0.25) is 0 Å². The summed E-state index contributed by atoms with van der Waals surface area (Å²) < 4.78 is 0. The topological polar surface area (TPSA) is 20.2 Å². The predicted octanol–water partition coefficient (Wildman–Crippen LogP) is 16.0. The van der Waals surface area contributed by atoms with Gasteiger partial charge in [-0.15, -0.1) is 0 Å². The van der Waals surface area contributed by atoms with Crippen molar-refractivity contribution in [2.75, 3.05) is 0 Å². The highest BCUT2D eigenvalue weighted by atomic mass is 28.4. The predicted molar refractivity (Wildman–Crippen MR) is 206 cm³/mol. The molecule has 0 spiro atoms. The summed E-state index contributed by atoms with van der Waals surface area (Å²) in [4.78, 5) is 12.6. The van der Waals surface area contributed by atoms with Gasteiger partial charge < -0.3 is 4.80 Å². The number of rotatable bonds is 36. The Morgan fingerprint density at radius 1 is 0.295 bits per heavy atom. The van der Waals surface area contributed by atoms with Gasteiger partial charge in [-0.05, 0) is 16.6 Å². The molecule has 2 heteroatoms. The quantitative estimate of drug-likeness (QED) is 0.0536. The largest absolute Gasteiger partial charge is 0.431 e. The second kappa shape index (κ2) is 33.1. The van der Waals surface area contributed by atoms with Crippen LogP contribution in [0.1, 0.15) is 253 Å². The van der Waals surface area contributed by atoms with E-state index in [-0.39, 0.29) is 0 Å². The molecule has 266 valence electrons. The van der Waals surface area contributed by atoms with E-state index in [1.807, 2.05) is 0 Å². The van der Waals surface area contributed by atoms with Crippen LogP contribution in [0, 0.1) is 0 Å². The summed E-state index contributed by atoms with van der Waals surface area (Å²) in [6.45, 7) is 14.3. The second-order valence-electron chi connectivity index (χ2n) is 15.5. The summed E-state index contributed by atoms with van der Waals surface area (Å²) in [5.74, 6) is 0. The molecule has 0 aromatic heterocycles. The van der Waals surface area contributed by atoms with E-state index in [1.54, 1.807) is 0 Å². The minimum atomic E-state index is -2.34. The van der Waals surface area contributed by atoms with Gasteiger partial charge in [0.1, 0.15) is 0 Å². The fourth-order valence-corrected chi connectivity index (χ4v) is 12.9. The van der Waals surface area contributed by atoms with Crippen molar-refractivity contribution in [1.82, 2.24) is 0 Å². The standard InChI is InChI=1S/C42H88OSi/c1-7-10-13-16-19-22-25-28-31-34-37-40(4)44(43,41(5)38-35-32-29-26-23-20-17-14-11-8-2)42(6)39-36-33-30-27-24-21-18-15-12-9-3/h40-43H,7-39H2,1-6H3. The Labute approximate surface area is 282 Å². The minimum absolute atomic E-state index is 0.549. The summed E-state index contributed by atoms with van der Waals surface area (Å²) >= 11 is 0. The van der Waals surface area contributed by atoms with Crippen LogP contribution in [0.25, 0.3) is 0 Å². The van der Waals surface area contributed by atoms with Crippen molar-refractivity contribution in [3.05, 3.63) is 0 Å². The summed E-state index contributed by atoms with van der Waals surface area (Å²) in [5, 5.41) is 0. The summed E-state index contributed by atoms with van der Waals surface area (Å²) in [7, 11) is -2.34. The van der Waals surface area contributed by atoms with Crippen LogP contribution in [-0.2, 0) is 0 Å². The van der Waals surface area contributed by atoms with Crippen LogP contribution in [-0.4, -0.2) is 13.1 Å². The average molecular weight is 637 g/mol. The molecular formula is C42H88OSi. The maximum absolute atomic E-state index is 12.6. The van der Waals surface area contributed by atoms with E-state index in [0.29, 0.717) is 16.6 Å². The minimum Gasteiger partial charge on any atom is -0.431 e. The van der Waals surface area contributed by atoms with Gasteiger partial charge in [-0.1, -0.05) is 253 Å². The van der Waals surface area contributed by atoms with Crippen molar-refractivity contribution in [2.24, 2.45) is 0 Å². The molecule has 44 heavy (non-hydrogen) atoms. The Kier molecular flexibility index (Phi) is 33.2. The van der Waals surface area contributed by atoms with Crippen molar-refractivity contribution in [2.45, 2.75) is 270 Å². The van der Waals surface area contributed by atoms with Crippen LogP contribution >= 0.6 is 0 Å². The molecule has 1 N–H and O–H groups in total. The van der Waals surface area contributed by atoms with Crippen LogP contribution in [0.3, 0.4) is 0 Å². The molecule has 0 saturated heterocycles. The van der Waals surface area contributed by atoms with Crippen molar-refractivity contribution < 1.29 is 4.80 Å². The zero-order valence-corrected chi connectivity index (χ0v) is 33.0. The third-order valence-corrected chi connectivity index (χ3v) is 16.9. The van der Waals surface area contributed by atoms with E-state index in [4.69, 9.17) is 0 Å². The zero-order chi connectivity index (χ0) is 32.6. The summed E-state index contributed by atoms with van der Waals surface area (Å²) in [6, 6.07) is 0. The maximum atomic E-state index is 12.6. The van der Waals surface area contributed by atoms with Crippen LogP contribution < -0.4 is 0 Å². The van der Waals surface area contributed by atoms with Gasteiger partial charge in [0, 0.05) is 0 Å². The van der Waals surface area contributed by atoms with Crippen LogP contribution in [0.2, 0.25) is 16.6 Å². The number of hydrogen-bond acceptors (Lipinski definition) is 1. The molecule has 0 heterocycles. The van der Waals surface area contributed by atoms with Gasteiger partial charge in [0.25, 0.3) is 0 Å². The molecule has 0 bridgehead atoms. The van der Waals surface area contributed by atoms with E-state index in [1.165, 1.54) is 212 Å². The highest BCUT2D eigenvalue weighted by Crippen LogP contribution is 2.46. The van der Waals surface area contributed by atoms with Crippen molar-refractivity contribution >= 4 is 8.32 Å². The van der Waals surface area contributed by atoms with Crippen LogP contribution in [0.4, 0.5) is 0 Å². The lowest BCUT2D eigenvalue weighted by molar-refractivity contribution is 0.419. The van der Waals surface area contributed by atoms with Gasteiger partial charge in [-0.2, -0.15) is 0 Å². The van der Waals surface area contributed by atoms with Crippen LogP contribution in [0.5, 0.6) is 0 Å². The van der Waals surface area contributed by atoms with E-state index in [2.05, 4.69) is 41.5 Å². The highest BCUT2D eigenvalue weighted by molar-refractivity contribution is 6.76. The van der Waals surface area contributed by atoms with Gasteiger partial charge >= 0.3 is 0 Å². The molecule has 0 radical (unpaired) electrons. The highest BCUT2D eigenvalue weighted by Gasteiger charge is 2.46. The molecule has 3 unspecified atom stereocenters. The Balaban J connectivity index is 4.57. The molecule has 0 aliphatic carbocycles. The number of unbranched alkanes of at least 4 members (excludes halogenated alkanes) is 27. The molecule has 1 nitrogen and oxygen atoms in total. The SMILES string of the molecule is CCCCCCCCCCCCC(C)[Si](O)(C(C)CCCCCCCCCCCC)C(C)CCCCCCCCCCCC. The van der Waals surface area contributed by atoms with Crippen LogP contribution in [0.15, 0.2) is 0 Å².